The lowest BCUT2D eigenvalue weighted by molar-refractivity contribution is -0.952. The molecule has 3 heterocycles. The molecule has 16 heteroatoms. The fourth-order valence-corrected chi connectivity index (χ4v) is 5.91. The molecule has 3 amide bonds. The number of aliphatic hydroxyl groups is 3. The first-order valence-corrected chi connectivity index (χ1v) is 15.5. The number of amides is 3. The molecule has 0 aromatic heterocycles. The molecule has 3 aliphatic heterocycles. The maximum absolute atomic E-state index is 13.9. The average molecular weight is 691 g/mol. The zero-order valence-electron chi connectivity index (χ0n) is 26.1. The van der Waals surface area contributed by atoms with E-state index in [9.17, 15) is 39.3 Å². The van der Waals surface area contributed by atoms with Gasteiger partial charge in [-0.3, -0.25) is 4.79 Å². The second-order valence-electron chi connectivity index (χ2n) is 11.5. The van der Waals surface area contributed by atoms with Gasteiger partial charge in [-0.2, -0.15) is 0 Å². The van der Waals surface area contributed by atoms with Gasteiger partial charge in [-0.1, -0.05) is 64.3 Å². The number of imide groups is 1. The van der Waals surface area contributed by atoms with Gasteiger partial charge in [0.25, 0.3) is 18.4 Å². The van der Waals surface area contributed by atoms with Crippen LogP contribution in [0.5, 0.6) is 0 Å². The average Bonchev–Trinajstić information content (AvgIpc) is 3.63. The summed E-state index contributed by atoms with van der Waals surface area (Å²) in [5, 5.41) is 37.8. The Labute approximate surface area is 284 Å². The first-order chi connectivity index (χ1) is 24.1. The third-order valence-electron chi connectivity index (χ3n) is 8.39. The highest BCUT2D eigenvalue weighted by atomic mass is 16.7. The van der Waals surface area contributed by atoms with Crippen LogP contribution in [-0.4, -0.2) is 118 Å². The first-order valence-electron chi connectivity index (χ1n) is 15.5. The van der Waals surface area contributed by atoms with E-state index >= 15 is 0 Å². The van der Waals surface area contributed by atoms with Gasteiger partial charge in [-0.15, -0.1) is 0 Å². The molecule has 6 rings (SSSR count). The summed E-state index contributed by atoms with van der Waals surface area (Å²) in [5.74, 6) is -3.59. The molecule has 0 spiro atoms. The summed E-state index contributed by atoms with van der Waals surface area (Å²) in [6.45, 7) is -1.40. The van der Waals surface area contributed by atoms with Crippen molar-refractivity contribution in [2.24, 2.45) is 5.10 Å². The van der Waals surface area contributed by atoms with Crippen LogP contribution in [0.3, 0.4) is 0 Å². The van der Waals surface area contributed by atoms with Crippen LogP contribution < -0.4 is 5.32 Å². The van der Waals surface area contributed by atoms with Gasteiger partial charge >= 0.3 is 23.9 Å². The molecular formula is C34H32N3O13+. The Morgan fingerprint density at radius 2 is 1.20 bits per heavy atom. The number of hydrogen-bond acceptors (Lipinski definition) is 14. The second kappa shape index (κ2) is 14.6. The lowest BCUT2D eigenvalue weighted by Crippen LogP contribution is -2.72. The van der Waals surface area contributed by atoms with E-state index in [-0.39, 0.29) is 16.7 Å². The number of aliphatic hydroxyl groups excluding tert-OH is 3. The molecular weight excluding hydrogens is 658 g/mol. The lowest BCUT2D eigenvalue weighted by atomic mass is 10.1. The van der Waals surface area contributed by atoms with Gasteiger partial charge in [0, 0.05) is 0 Å². The van der Waals surface area contributed by atoms with E-state index < -0.39 is 96.7 Å². The molecule has 50 heavy (non-hydrogen) atoms. The Morgan fingerprint density at radius 3 is 1.70 bits per heavy atom. The van der Waals surface area contributed by atoms with Crippen molar-refractivity contribution in [3.63, 3.8) is 0 Å². The van der Waals surface area contributed by atoms with E-state index in [2.05, 4.69) is 10.4 Å². The summed E-state index contributed by atoms with van der Waals surface area (Å²) < 4.78 is 27.8. The molecule has 0 radical (unpaired) electrons. The van der Waals surface area contributed by atoms with Crippen molar-refractivity contribution in [1.29, 1.82) is 0 Å². The van der Waals surface area contributed by atoms with Crippen LogP contribution in [0.1, 0.15) is 31.1 Å². The summed E-state index contributed by atoms with van der Waals surface area (Å²) in [6, 6.07) is 22.1. The minimum atomic E-state index is -1.92. The zero-order valence-corrected chi connectivity index (χ0v) is 26.1. The van der Waals surface area contributed by atoms with Crippen molar-refractivity contribution in [1.82, 2.24) is 5.32 Å². The number of rotatable bonds is 10. The van der Waals surface area contributed by atoms with Crippen LogP contribution in [0.4, 0.5) is 4.79 Å². The minimum Gasteiger partial charge on any atom is -0.459 e. The number of nitrogens with one attached hydrogen (secondary N) is 1. The third-order valence-corrected chi connectivity index (χ3v) is 8.39. The van der Waals surface area contributed by atoms with E-state index in [1.165, 1.54) is 36.4 Å². The highest BCUT2D eigenvalue weighted by Crippen LogP contribution is 2.41. The van der Waals surface area contributed by atoms with Crippen molar-refractivity contribution >= 4 is 36.1 Å². The maximum Gasteiger partial charge on any atom is 0.454 e. The fourth-order valence-electron chi connectivity index (χ4n) is 5.91. The molecule has 0 bridgehead atoms. The van der Waals surface area contributed by atoms with Gasteiger partial charge < -0.3 is 39.0 Å². The maximum atomic E-state index is 13.9. The van der Waals surface area contributed by atoms with Crippen molar-refractivity contribution in [3.05, 3.63) is 108 Å². The lowest BCUT2D eigenvalue weighted by Gasteiger charge is -2.40. The van der Waals surface area contributed by atoms with E-state index in [1.54, 1.807) is 54.6 Å². The zero-order chi connectivity index (χ0) is 35.4. The molecule has 9 atom stereocenters. The second-order valence-corrected chi connectivity index (χ2v) is 11.5. The Morgan fingerprint density at radius 1 is 0.700 bits per heavy atom. The molecule has 4 N–H and O–H groups in total. The van der Waals surface area contributed by atoms with Crippen LogP contribution in [0.2, 0.25) is 0 Å². The van der Waals surface area contributed by atoms with Crippen LogP contribution in [0.25, 0.3) is 0 Å². The standard InChI is InChI=1S/C34H31N3O13/c38-17-22-25(40)26(41)29(47-22)37(34(45)36-24(39)16-35-37)30-28(50-33(44)21-14-8-3-9-15-21)27(49-32(43)20-12-6-2-7-13-20)23(48-30)18-46-31(42)19-10-4-1-5-11-19/h1-16,22-23,25-30,38,40-41H,17-18H2/p+1/t22-,23+,25-,26-,27+,28+,29-,30+,37?/m1/s1. The van der Waals surface area contributed by atoms with Crippen LogP contribution in [-0.2, 0) is 28.5 Å². The Balaban J connectivity index is 1.45. The van der Waals surface area contributed by atoms with Gasteiger partial charge in [0.15, 0.2) is 12.2 Å². The molecule has 16 nitrogen and oxygen atoms in total. The van der Waals surface area contributed by atoms with Crippen molar-refractivity contribution in [2.45, 2.75) is 49.1 Å². The normalized spacial score (nSPS) is 30.4. The smallest absolute Gasteiger partial charge is 0.454 e. The Bertz CT molecular complexity index is 1760. The SMILES string of the molecule is O=C1C=N[N+]([C@@H]2O[C@H](CO)[C@@H](O)[C@H]2O)([C@H]2O[C@@H](COC(=O)c3ccccc3)[C@H](OC(=O)c3ccccc3)[C@@H]2OC(=O)c2ccccc2)C(=O)N1. The number of carbonyl (C=O) groups is 5. The first kappa shape index (κ1) is 34.5. The molecule has 1 unspecified atom stereocenters. The van der Waals surface area contributed by atoms with E-state index in [4.69, 9.17) is 23.7 Å². The molecule has 0 aliphatic carbocycles. The van der Waals surface area contributed by atoms with Crippen molar-refractivity contribution in [3.8, 4) is 0 Å². The summed E-state index contributed by atoms with van der Waals surface area (Å²) >= 11 is 0. The van der Waals surface area contributed by atoms with E-state index in [0.29, 0.717) is 6.21 Å². The largest absolute Gasteiger partial charge is 0.459 e. The van der Waals surface area contributed by atoms with Gasteiger partial charge in [-0.05, 0) is 36.4 Å². The van der Waals surface area contributed by atoms with Crippen LogP contribution in [0.15, 0.2) is 96.1 Å². The molecule has 0 saturated carbocycles. The highest BCUT2D eigenvalue weighted by Gasteiger charge is 2.70. The molecule has 3 aromatic carbocycles. The number of benzene rings is 3. The number of carbonyl (C=O) groups excluding carboxylic acids is 5. The number of urea groups is 1. The summed E-state index contributed by atoms with van der Waals surface area (Å²) in [7, 11) is 0. The third kappa shape index (κ3) is 6.62. The quantitative estimate of drug-likeness (QED) is 0.130. The summed E-state index contributed by atoms with van der Waals surface area (Å²) in [4.78, 5) is 66.3. The Hall–Kier alpha value is -5.36. The summed E-state index contributed by atoms with van der Waals surface area (Å²) in [5.41, 5.74) is 0.329. The number of nitrogens with zero attached hydrogens (tertiary/aromatic N) is 2. The fraction of sp³-hybridized carbons (Fsp3) is 0.294. The van der Waals surface area contributed by atoms with E-state index in [0.717, 1.165) is 0 Å². The predicted molar refractivity (Wildman–Crippen MR) is 167 cm³/mol. The van der Waals surface area contributed by atoms with Crippen LogP contribution in [0, 0.1) is 0 Å². The molecule has 260 valence electrons. The van der Waals surface area contributed by atoms with Crippen LogP contribution >= 0.6 is 0 Å². The number of quaternary nitrogens is 1. The number of esters is 3. The number of hydrogen-bond donors (Lipinski definition) is 4. The topological polar surface area (TPSA) is 217 Å². The van der Waals surface area contributed by atoms with Crippen molar-refractivity contribution < 1.29 is 67.6 Å². The molecule has 3 aromatic rings. The van der Waals surface area contributed by atoms with Gasteiger partial charge in [0.05, 0.1) is 23.3 Å². The predicted octanol–water partition coefficient (Wildman–Crippen LogP) is 0.511. The molecule has 2 fully saturated rings. The van der Waals surface area contributed by atoms with Gasteiger partial charge in [-0.25, -0.2) is 24.5 Å². The van der Waals surface area contributed by atoms with Gasteiger partial charge in [0.1, 0.15) is 31.1 Å². The van der Waals surface area contributed by atoms with E-state index in [1.807, 2.05) is 0 Å². The van der Waals surface area contributed by atoms with Crippen molar-refractivity contribution in [2.75, 3.05) is 13.2 Å². The molecule has 3 aliphatic rings. The molecule has 2 saturated heterocycles. The number of ether oxygens (including phenoxy) is 5. The van der Waals surface area contributed by atoms with Gasteiger partial charge in [0.2, 0.25) is 6.10 Å². The minimum absolute atomic E-state index is 0.0552. The summed E-state index contributed by atoms with van der Waals surface area (Å²) in [6.07, 6.45) is -13.0. The monoisotopic (exact) mass is 690 g/mol. The Kier molecular flexibility index (Phi) is 10.1. The highest BCUT2D eigenvalue weighted by molar-refractivity contribution is 6.30.